The lowest BCUT2D eigenvalue weighted by molar-refractivity contribution is 0.908. The minimum Gasteiger partial charge on any atom is -0.296 e. The van der Waals surface area contributed by atoms with Gasteiger partial charge in [-0.25, -0.2) is 4.98 Å². The highest BCUT2D eigenvalue weighted by Crippen LogP contribution is 2.44. The zero-order valence-electron chi connectivity index (χ0n) is 27.9. The number of fused-ring (bicyclic) bond motifs is 3. The molecule has 4 nitrogen and oxygen atoms in total. The SMILES string of the molecule is CCc1nc2cc(-c3cnc(-c4cc5ccc6cccc7c8cccc9ccc%10cccc(c(c4)c5c67)c%10c98)cn3)ccc2n1-c1ccccc1. The highest BCUT2D eigenvalue weighted by Gasteiger charge is 2.17. The summed E-state index contributed by atoms with van der Waals surface area (Å²) in [5.74, 6) is 1.04. The zero-order chi connectivity index (χ0) is 33.6. The van der Waals surface area contributed by atoms with Gasteiger partial charge in [0.05, 0.1) is 34.8 Å². The lowest BCUT2D eigenvalue weighted by Gasteiger charge is -2.17. The van der Waals surface area contributed by atoms with E-state index in [1.54, 1.807) is 0 Å². The Morgan fingerprint density at radius 1 is 0.471 bits per heavy atom. The van der Waals surface area contributed by atoms with Gasteiger partial charge in [0.15, 0.2) is 0 Å². The summed E-state index contributed by atoms with van der Waals surface area (Å²) in [6.07, 6.45) is 4.66. The topological polar surface area (TPSA) is 43.6 Å². The van der Waals surface area contributed by atoms with Crippen LogP contribution in [0.4, 0.5) is 0 Å². The first-order valence-corrected chi connectivity index (χ1v) is 17.6. The molecule has 0 saturated heterocycles. The number of aromatic nitrogens is 4. The van der Waals surface area contributed by atoms with E-state index in [2.05, 4.69) is 145 Å². The van der Waals surface area contributed by atoms with Crippen LogP contribution >= 0.6 is 0 Å². The van der Waals surface area contributed by atoms with Gasteiger partial charge in [-0.2, -0.15) is 0 Å². The monoisotopic (exact) mass is 650 g/mol. The van der Waals surface area contributed by atoms with Crippen molar-refractivity contribution >= 4 is 75.7 Å². The van der Waals surface area contributed by atoms with Gasteiger partial charge >= 0.3 is 0 Å². The molecule has 9 aromatic carbocycles. The summed E-state index contributed by atoms with van der Waals surface area (Å²) in [5.41, 5.74) is 6.89. The molecule has 0 aliphatic heterocycles. The minimum atomic E-state index is 0.826. The van der Waals surface area contributed by atoms with Gasteiger partial charge in [-0.15, -0.1) is 0 Å². The van der Waals surface area contributed by atoms with Crippen LogP contribution in [0.1, 0.15) is 12.7 Å². The molecule has 0 fully saturated rings. The molecule has 238 valence electrons. The van der Waals surface area contributed by atoms with Gasteiger partial charge in [0.25, 0.3) is 0 Å². The van der Waals surface area contributed by atoms with Crippen LogP contribution in [0.5, 0.6) is 0 Å². The lowest BCUT2D eigenvalue weighted by Crippen LogP contribution is -1.99. The number of rotatable bonds is 4. The van der Waals surface area contributed by atoms with E-state index in [1.807, 2.05) is 18.5 Å². The molecule has 0 radical (unpaired) electrons. The molecule has 0 unspecified atom stereocenters. The molecular weight excluding hydrogens is 621 g/mol. The van der Waals surface area contributed by atoms with Gasteiger partial charge < -0.3 is 0 Å². The van der Waals surface area contributed by atoms with Crippen molar-refractivity contribution in [1.29, 1.82) is 0 Å². The van der Waals surface area contributed by atoms with E-state index < -0.39 is 0 Å². The Hall–Kier alpha value is -6.65. The molecule has 0 atom stereocenters. The number of nitrogens with zero attached hydrogens (tertiary/aromatic N) is 4. The Morgan fingerprint density at radius 2 is 1.04 bits per heavy atom. The first-order valence-electron chi connectivity index (χ1n) is 17.6. The van der Waals surface area contributed by atoms with Crippen molar-refractivity contribution in [3.8, 4) is 28.2 Å². The average Bonchev–Trinajstić information content (AvgIpc) is 3.57. The van der Waals surface area contributed by atoms with E-state index in [4.69, 9.17) is 15.0 Å². The van der Waals surface area contributed by atoms with Crippen molar-refractivity contribution in [2.24, 2.45) is 0 Å². The first-order chi connectivity index (χ1) is 25.2. The molecule has 11 aromatic rings. The molecule has 2 heterocycles. The molecule has 0 spiro atoms. The molecule has 51 heavy (non-hydrogen) atoms. The Morgan fingerprint density at radius 3 is 1.65 bits per heavy atom. The van der Waals surface area contributed by atoms with Crippen molar-refractivity contribution in [3.63, 3.8) is 0 Å². The maximum absolute atomic E-state index is 5.03. The van der Waals surface area contributed by atoms with Crippen LogP contribution in [0, 0.1) is 0 Å². The van der Waals surface area contributed by atoms with Crippen molar-refractivity contribution < 1.29 is 0 Å². The van der Waals surface area contributed by atoms with Crippen LogP contribution in [0.2, 0.25) is 0 Å². The number of benzene rings is 8. The lowest BCUT2D eigenvalue weighted by atomic mass is 9.87. The second-order valence-electron chi connectivity index (χ2n) is 13.5. The Balaban J connectivity index is 1.11. The Bertz CT molecular complexity index is 3150. The van der Waals surface area contributed by atoms with Crippen LogP contribution in [0.25, 0.3) is 104 Å². The fourth-order valence-electron chi connectivity index (χ4n) is 8.45. The fraction of sp³-hybridized carbons (Fsp3) is 0.0426. The predicted octanol–water partition coefficient (Wildman–Crippen LogP) is 12.1. The third-order valence-electron chi connectivity index (χ3n) is 10.7. The van der Waals surface area contributed by atoms with Gasteiger partial charge in [0.1, 0.15) is 5.82 Å². The summed E-state index contributed by atoms with van der Waals surface area (Å²) in [5, 5.41) is 15.2. The van der Waals surface area contributed by atoms with Gasteiger partial charge in [0, 0.05) is 23.2 Å². The standard InChI is InChI=1S/C47H30N4/c1-2-43-50-39-25-31(21-22-42(39)51(43)34-12-4-3-5-13-34)40-26-49-41(27-48-40)33-23-32-20-19-30-10-7-15-36-35-14-6-9-28-17-18-29-11-8-16-37(46(29)44(28)35)38(24-33)47(32)45(30)36/h3-27H,2H2,1H3. The van der Waals surface area contributed by atoms with Crippen LogP contribution in [0.3, 0.4) is 0 Å². The van der Waals surface area contributed by atoms with E-state index in [-0.39, 0.29) is 0 Å². The van der Waals surface area contributed by atoms with Gasteiger partial charge in [-0.3, -0.25) is 14.5 Å². The first kappa shape index (κ1) is 28.2. The highest BCUT2D eigenvalue weighted by atomic mass is 15.1. The number of aryl methyl sites for hydroxylation is 1. The van der Waals surface area contributed by atoms with Crippen molar-refractivity contribution in [1.82, 2.24) is 19.5 Å². The van der Waals surface area contributed by atoms with Crippen molar-refractivity contribution in [2.75, 3.05) is 0 Å². The molecular formula is C47H30N4. The van der Waals surface area contributed by atoms with E-state index in [1.165, 1.54) is 64.6 Å². The van der Waals surface area contributed by atoms with E-state index >= 15 is 0 Å². The number of para-hydroxylation sites is 1. The Labute approximate surface area is 293 Å². The number of hydrogen-bond donors (Lipinski definition) is 0. The van der Waals surface area contributed by atoms with Crippen LogP contribution < -0.4 is 0 Å². The molecule has 2 aromatic heterocycles. The average molecular weight is 651 g/mol. The third-order valence-corrected chi connectivity index (χ3v) is 10.7. The fourth-order valence-corrected chi connectivity index (χ4v) is 8.45. The molecule has 11 rings (SSSR count). The van der Waals surface area contributed by atoms with Gasteiger partial charge in [-0.1, -0.05) is 110 Å². The second kappa shape index (κ2) is 10.7. The molecule has 0 aliphatic rings. The summed E-state index contributed by atoms with van der Waals surface area (Å²) in [6.45, 7) is 2.15. The maximum atomic E-state index is 5.03. The molecule has 4 heteroatoms. The smallest absolute Gasteiger partial charge is 0.114 e. The van der Waals surface area contributed by atoms with Gasteiger partial charge in [-0.05, 0) is 101 Å². The summed E-state index contributed by atoms with van der Waals surface area (Å²) in [6, 6.07) is 50.7. The molecule has 0 bridgehead atoms. The summed E-state index contributed by atoms with van der Waals surface area (Å²) < 4.78 is 2.25. The second-order valence-corrected chi connectivity index (χ2v) is 13.5. The highest BCUT2D eigenvalue weighted by molar-refractivity contribution is 6.37. The summed E-state index contributed by atoms with van der Waals surface area (Å²) in [4.78, 5) is 15.0. The molecule has 0 N–H and O–H groups in total. The van der Waals surface area contributed by atoms with Crippen LogP contribution in [-0.2, 0) is 6.42 Å². The molecule has 0 saturated carbocycles. The van der Waals surface area contributed by atoms with Crippen molar-refractivity contribution in [2.45, 2.75) is 13.3 Å². The van der Waals surface area contributed by atoms with Crippen LogP contribution in [0.15, 0.2) is 152 Å². The van der Waals surface area contributed by atoms with Crippen molar-refractivity contribution in [3.05, 3.63) is 158 Å². The quantitative estimate of drug-likeness (QED) is 0.178. The van der Waals surface area contributed by atoms with Crippen LogP contribution in [-0.4, -0.2) is 19.5 Å². The predicted molar refractivity (Wildman–Crippen MR) is 213 cm³/mol. The number of hydrogen-bond acceptors (Lipinski definition) is 3. The number of imidazole rings is 1. The van der Waals surface area contributed by atoms with Gasteiger partial charge in [0.2, 0.25) is 0 Å². The van der Waals surface area contributed by atoms with E-state index in [0.29, 0.717) is 0 Å². The third kappa shape index (κ3) is 4.11. The van der Waals surface area contributed by atoms with E-state index in [0.717, 1.165) is 51.5 Å². The summed E-state index contributed by atoms with van der Waals surface area (Å²) >= 11 is 0. The largest absolute Gasteiger partial charge is 0.296 e. The van der Waals surface area contributed by atoms with E-state index in [9.17, 15) is 0 Å². The Kier molecular flexibility index (Phi) is 5.90. The zero-order valence-corrected chi connectivity index (χ0v) is 27.9. The summed E-state index contributed by atoms with van der Waals surface area (Å²) in [7, 11) is 0. The normalized spacial score (nSPS) is 12.1. The maximum Gasteiger partial charge on any atom is 0.114 e. The molecule has 0 amide bonds. The minimum absolute atomic E-state index is 0.826. The molecule has 0 aliphatic carbocycles.